The van der Waals surface area contributed by atoms with Gasteiger partial charge in [0.05, 0.1) is 13.0 Å². The lowest BCUT2D eigenvalue weighted by atomic mass is 9.91. The predicted octanol–water partition coefficient (Wildman–Crippen LogP) is 1.66. The number of hydrogen-bond donors (Lipinski definition) is 1. The van der Waals surface area contributed by atoms with Crippen molar-refractivity contribution in [1.29, 1.82) is 0 Å². The van der Waals surface area contributed by atoms with Gasteiger partial charge in [0.25, 0.3) is 5.91 Å². The lowest BCUT2D eigenvalue weighted by molar-refractivity contribution is -0.176. The number of nitrogens with zero attached hydrogens (tertiary/aromatic N) is 1. The standard InChI is InChI=1S/C29H34N2O11/c1-16(2)27(34)42-24-17(3)40-29(36)20(14-39-28(35)19(24)13-18-9-7-6-8-10-18)31-26(33)23-25(41-22(32)15-37-4)21(38-5)11-12-30-23/h6-12,16-17,19-20,24H,13-15H2,1-5H3,(H,31,33). The van der Waals surface area contributed by atoms with Gasteiger partial charge in [-0.1, -0.05) is 44.2 Å². The number of amides is 1. The molecule has 4 unspecified atom stereocenters. The van der Waals surface area contributed by atoms with Crippen LogP contribution in [0.1, 0.15) is 36.8 Å². The number of benzene rings is 1. The molecule has 2 aromatic rings. The second-order valence-electron chi connectivity index (χ2n) is 9.75. The third kappa shape index (κ3) is 8.26. The van der Waals surface area contributed by atoms with Gasteiger partial charge in [-0.05, 0) is 18.9 Å². The molecule has 1 saturated heterocycles. The van der Waals surface area contributed by atoms with E-state index in [-0.39, 0.29) is 23.6 Å². The van der Waals surface area contributed by atoms with Crippen LogP contribution >= 0.6 is 0 Å². The van der Waals surface area contributed by atoms with E-state index in [1.807, 2.05) is 6.07 Å². The number of nitrogens with one attached hydrogen (secondary N) is 1. The van der Waals surface area contributed by atoms with Crippen molar-refractivity contribution < 1.29 is 52.4 Å². The van der Waals surface area contributed by atoms with Gasteiger partial charge in [-0.2, -0.15) is 0 Å². The van der Waals surface area contributed by atoms with Gasteiger partial charge in [-0.3, -0.25) is 14.4 Å². The summed E-state index contributed by atoms with van der Waals surface area (Å²) in [7, 11) is 2.59. The molecule has 1 aromatic heterocycles. The molecule has 0 bridgehead atoms. The fourth-order valence-electron chi connectivity index (χ4n) is 4.09. The summed E-state index contributed by atoms with van der Waals surface area (Å²) in [5.74, 6) is -5.86. The average molecular weight is 587 g/mol. The topological polar surface area (TPSA) is 166 Å². The van der Waals surface area contributed by atoms with E-state index in [1.54, 1.807) is 38.1 Å². The lowest BCUT2D eigenvalue weighted by Gasteiger charge is -2.29. The third-order valence-electron chi connectivity index (χ3n) is 6.25. The maximum absolute atomic E-state index is 13.4. The van der Waals surface area contributed by atoms with E-state index in [2.05, 4.69) is 10.3 Å². The first-order valence-electron chi connectivity index (χ1n) is 13.2. The van der Waals surface area contributed by atoms with Crippen molar-refractivity contribution in [2.45, 2.75) is 45.4 Å². The molecule has 13 heteroatoms. The number of rotatable bonds is 10. The fourth-order valence-corrected chi connectivity index (χ4v) is 4.09. The van der Waals surface area contributed by atoms with E-state index in [0.29, 0.717) is 0 Å². The van der Waals surface area contributed by atoms with Gasteiger partial charge in [0, 0.05) is 19.4 Å². The summed E-state index contributed by atoms with van der Waals surface area (Å²) >= 11 is 0. The number of cyclic esters (lactones) is 2. The monoisotopic (exact) mass is 586 g/mol. The second kappa shape index (κ2) is 14.9. The van der Waals surface area contributed by atoms with E-state index in [4.69, 9.17) is 28.4 Å². The van der Waals surface area contributed by atoms with Crippen LogP contribution in [-0.4, -0.2) is 80.5 Å². The highest BCUT2D eigenvalue weighted by atomic mass is 16.6. The largest absolute Gasteiger partial charge is 0.493 e. The number of carbonyl (C=O) groups excluding carboxylic acids is 5. The Labute approximate surface area is 242 Å². The van der Waals surface area contributed by atoms with Crippen LogP contribution in [0, 0.1) is 11.8 Å². The first kappa shape index (κ1) is 32.0. The highest BCUT2D eigenvalue weighted by molar-refractivity contribution is 5.99. The Morgan fingerprint density at radius 3 is 2.43 bits per heavy atom. The Morgan fingerprint density at radius 1 is 1.07 bits per heavy atom. The zero-order valence-corrected chi connectivity index (χ0v) is 24.0. The van der Waals surface area contributed by atoms with Gasteiger partial charge in [0.2, 0.25) is 5.75 Å². The smallest absolute Gasteiger partial charge is 0.337 e. The highest BCUT2D eigenvalue weighted by Crippen LogP contribution is 2.30. The first-order valence-corrected chi connectivity index (χ1v) is 13.2. The maximum Gasteiger partial charge on any atom is 0.337 e. The molecule has 0 radical (unpaired) electrons. The summed E-state index contributed by atoms with van der Waals surface area (Å²) in [5.41, 5.74) is 0.392. The Bertz CT molecular complexity index is 1280. The molecule has 1 amide bonds. The molecule has 1 aliphatic heterocycles. The summed E-state index contributed by atoms with van der Waals surface area (Å²) in [5, 5.41) is 2.42. The molecule has 13 nitrogen and oxygen atoms in total. The normalized spacial score (nSPS) is 20.7. The molecule has 0 saturated carbocycles. The van der Waals surface area contributed by atoms with Crippen LogP contribution in [0.2, 0.25) is 0 Å². The number of carbonyl (C=O) groups is 5. The molecule has 226 valence electrons. The van der Waals surface area contributed by atoms with Crippen LogP contribution < -0.4 is 14.8 Å². The Kier molecular flexibility index (Phi) is 11.4. The number of methoxy groups -OCH3 is 2. The summed E-state index contributed by atoms with van der Waals surface area (Å²) in [6.07, 6.45) is -0.872. The molecule has 1 aromatic carbocycles. The number of pyridine rings is 1. The van der Waals surface area contributed by atoms with Crippen LogP contribution in [0.4, 0.5) is 0 Å². The van der Waals surface area contributed by atoms with Crippen molar-refractivity contribution >= 4 is 29.8 Å². The van der Waals surface area contributed by atoms with Gasteiger partial charge in [0.15, 0.2) is 23.6 Å². The molecule has 0 spiro atoms. The van der Waals surface area contributed by atoms with E-state index < -0.39 is 73.1 Å². The van der Waals surface area contributed by atoms with Crippen LogP contribution in [0.15, 0.2) is 42.6 Å². The number of aromatic nitrogens is 1. The second-order valence-corrected chi connectivity index (χ2v) is 9.75. The van der Waals surface area contributed by atoms with Crippen LogP contribution in [0.5, 0.6) is 11.5 Å². The first-order chi connectivity index (χ1) is 20.0. The minimum atomic E-state index is -1.48. The number of ether oxygens (including phenoxy) is 6. The van der Waals surface area contributed by atoms with Crippen LogP contribution in [-0.2, 0) is 44.5 Å². The molecule has 1 aliphatic rings. The lowest BCUT2D eigenvalue weighted by Crippen LogP contribution is -2.47. The highest BCUT2D eigenvalue weighted by Gasteiger charge is 2.42. The molecular formula is C29H34N2O11. The van der Waals surface area contributed by atoms with Crippen molar-refractivity contribution in [3.8, 4) is 11.5 Å². The van der Waals surface area contributed by atoms with Gasteiger partial charge >= 0.3 is 23.9 Å². The summed E-state index contributed by atoms with van der Waals surface area (Å²) in [6.45, 7) is 3.77. The van der Waals surface area contributed by atoms with Crippen molar-refractivity contribution in [2.24, 2.45) is 11.8 Å². The van der Waals surface area contributed by atoms with Gasteiger partial charge in [-0.25, -0.2) is 14.6 Å². The average Bonchev–Trinajstić information content (AvgIpc) is 2.99. The quantitative estimate of drug-likeness (QED) is 0.317. The van der Waals surface area contributed by atoms with E-state index in [1.165, 1.54) is 33.4 Å². The van der Waals surface area contributed by atoms with Gasteiger partial charge in [0.1, 0.15) is 25.2 Å². The van der Waals surface area contributed by atoms with Gasteiger partial charge in [-0.15, -0.1) is 0 Å². The Morgan fingerprint density at radius 2 is 1.79 bits per heavy atom. The fraction of sp³-hybridized carbons (Fsp3) is 0.448. The molecule has 4 atom stereocenters. The molecule has 2 heterocycles. The Balaban J connectivity index is 1.89. The van der Waals surface area contributed by atoms with E-state index >= 15 is 0 Å². The van der Waals surface area contributed by atoms with E-state index in [0.717, 1.165) is 5.56 Å². The summed E-state index contributed by atoms with van der Waals surface area (Å²) in [6, 6.07) is 8.92. The van der Waals surface area contributed by atoms with Crippen molar-refractivity contribution in [3.63, 3.8) is 0 Å². The summed E-state index contributed by atoms with van der Waals surface area (Å²) in [4.78, 5) is 68.4. The van der Waals surface area contributed by atoms with Crippen molar-refractivity contribution in [2.75, 3.05) is 27.4 Å². The molecule has 3 rings (SSSR count). The third-order valence-corrected chi connectivity index (χ3v) is 6.25. The van der Waals surface area contributed by atoms with E-state index in [9.17, 15) is 24.0 Å². The Hall–Kier alpha value is -4.52. The molecule has 1 N–H and O–H groups in total. The van der Waals surface area contributed by atoms with Crippen molar-refractivity contribution in [3.05, 3.63) is 53.9 Å². The zero-order valence-electron chi connectivity index (χ0n) is 24.0. The van der Waals surface area contributed by atoms with Gasteiger partial charge < -0.3 is 33.7 Å². The molecule has 0 aliphatic carbocycles. The van der Waals surface area contributed by atoms with Crippen LogP contribution in [0.25, 0.3) is 0 Å². The SMILES string of the molecule is COCC(=O)Oc1c(OC)ccnc1C(=O)NC1COC(=O)C(Cc2ccccc2)C(OC(=O)C(C)C)C(C)OC1=O. The van der Waals surface area contributed by atoms with Crippen molar-refractivity contribution in [1.82, 2.24) is 10.3 Å². The molecule has 42 heavy (non-hydrogen) atoms. The number of hydrogen-bond acceptors (Lipinski definition) is 12. The zero-order chi connectivity index (χ0) is 30.8. The number of esters is 4. The summed E-state index contributed by atoms with van der Waals surface area (Å²) < 4.78 is 31.9. The maximum atomic E-state index is 13.4. The molecular weight excluding hydrogens is 552 g/mol. The predicted molar refractivity (Wildman–Crippen MR) is 144 cm³/mol. The minimum Gasteiger partial charge on any atom is -0.493 e. The van der Waals surface area contributed by atoms with Crippen LogP contribution in [0.3, 0.4) is 0 Å². The minimum absolute atomic E-state index is 0.0234. The molecule has 1 fully saturated rings.